The lowest BCUT2D eigenvalue weighted by atomic mass is 10.2. The highest BCUT2D eigenvalue weighted by Crippen LogP contribution is 2.27. The summed E-state index contributed by atoms with van der Waals surface area (Å²) in [7, 11) is 0. The first-order chi connectivity index (χ1) is 9.90. The number of nitrogens with zero attached hydrogens (tertiary/aromatic N) is 2. The topological polar surface area (TPSA) is 48.7 Å². The van der Waals surface area contributed by atoms with Crippen LogP contribution in [0, 0.1) is 17.1 Å². The van der Waals surface area contributed by atoms with E-state index in [9.17, 15) is 17.6 Å². The highest BCUT2D eigenvalue weighted by atomic mass is 19.4. The Hall–Kier alpha value is -2.62. The van der Waals surface area contributed by atoms with E-state index in [4.69, 9.17) is 5.26 Å². The number of hydrogen-bond acceptors (Lipinski definition) is 3. The van der Waals surface area contributed by atoms with Gasteiger partial charge in [0.05, 0.1) is 29.6 Å². The van der Waals surface area contributed by atoms with E-state index in [0.717, 1.165) is 12.1 Å². The fourth-order valence-electron chi connectivity index (χ4n) is 1.65. The third-order valence-electron chi connectivity index (χ3n) is 2.66. The Labute approximate surface area is 117 Å². The third kappa shape index (κ3) is 3.69. The lowest BCUT2D eigenvalue weighted by Crippen LogP contribution is -2.11. The summed E-state index contributed by atoms with van der Waals surface area (Å²) < 4.78 is 51.1. The first-order valence-electron chi connectivity index (χ1n) is 5.87. The van der Waals surface area contributed by atoms with Crippen molar-refractivity contribution in [2.75, 3.05) is 5.32 Å². The molecule has 108 valence electrons. The van der Waals surface area contributed by atoms with Gasteiger partial charge in [0.15, 0.2) is 0 Å². The summed E-state index contributed by atoms with van der Waals surface area (Å²) >= 11 is 0. The lowest BCUT2D eigenvalue weighted by molar-refractivity contribution is -0.141. The molecule has 0 amide bonds. The number of benzene rings is 1. The number of alkyl halides is 3. The van der Waals surface area contributed by atoms with Crippen molar-refractivity contribution >= 4 is 5.69 Å². The molecule has 21 heavy (non-hydrogen) atoms. The molecule has 2 aromatic rings. The molecule has 0 aliphatic rings. The Balaban J connectivity index is 2.12. The fourth-order valence-corrected chi connectivity index (χ4v) is 1.65. The number of nitriles is 1. The van der Waals surface area contributed by atoms with Gasteiger partial charge in [0.25, 0.3) is 0 Å². The van der Waals surface area contributed by atoms with Crippen molar-refractivity contribution in [2.24, 2.45) is 0 Å². The highest BCUT2D eigenvalue weighted by molar-refractivity contribution is 5.48. The van der Waals surface area contributed by atoms with Gasteiger partial charge in [0, 0.05) is 0 Å². The van der Waals surface area contributed by atoms with Crippen LogP contribution in [0.2, 0.25) is 0 Å². The van der Waals surface area contributed by atoms with Crippen LogP contribution < -0.4 is 5.32 Å². The highest BCUT2D eigenvalue weighted by Gasteiger charge is 2.32. The predicted octanol–water partition coefficient (Wildman–Crippen LogP) is 3.72. The Morgan fingerprint density at radius 2 is 1.95 bits per heavy atom. The average Bonchev–Trinajstić information content (AvgIpc) is 2.45. The number of halogens is 4. The van der Waals surface area contributed by atoms with E-state index in [0.29, 0.717) is 0 Å². The van der Waals surface area contributed by atoms with E-state index < -0.39 is 17.7 Å². The molecule has 0 unspecified atom stereocenters. The zero-order valence-corrected chi connectivity index (χ0v) is 10.6. The number of aromatic nitrogens is 1. The molecule has 0 fully saturated rings. The number of rotatable bonds is 3. The first-order valence-corrected chi connectivity index (χ1v) is 5.87. The van der Waals surface area contributed by atoms with Gasteiger partial charge in [-0.3, -0.25) is 0 Å². The van der Waals surface area contributed by atoms with Gasteiger partial charge in [-0.25, -0.2) is 9.37 Å². The number of hydrogen-bond donors (Lipinski definition) is 1. The van der Waals surface area contributed by atoms with Crippen LogP contribution in [0.15, 0.2) is 36.4 Å². The second kappa shape index (κ2) is 5.79. The third-order valence-corrected chi connectivity index (χ3v) is 2.66. The van der Waals surface area contributed by atoms with Crippen LogP contribution >= 0.6 is 0 Å². The van der Waals surface area contributed by atoms with E-state index in [1.54, 1.807) is 6.07 Å². The van der Waals surface area contributed by atoms with Crippen LogP contribution in [-0.2, 0) is 12.7 Å². The monoisotopic (exact) mass is 295 g/mol. The van der Waals surface area contributed by atoms with Gasteiger partial charge in [-0.15, -0.1) is 0 Å². The zero-order chi connectivity index (χ0) is 15.5. The molecule has 0 aliphatic carbocycles. The molecule has 1 aromatic heterocycles. The minimum absolute atomic E-state index is 0.0628. The minimum Gasteiger partial charge on any atom is -0.377 e. The summed E-state index contributed by atoms with van der Waals surface area (Å²) in [5.41, 5.74) is -0.612. The summed E-state index contributed by atoms with van der Waals surface area (Å²) in [4.78, 5) is 3.46. The van der Waals surface area contributed by atoms with Crippen LogP contribution in [0.25, 0.3) is 0 Å². The van der Waals surface area contributed by atoms with Crippen LogP contribution in [0.3, 0.4) is 0 Å². The molecule has 0 radical (unpaired) electrons. The molecular weight excluding hydrogens is 286 g/mol. The molecule has 3 nitrogen and oxygen atoms in total. The Morgan fingerprint density at radius 1 is 1.19 bits per heavy atom. The second-order valence-electron chi connectivity index (χ2n) is 4.17. The number of pyridine rings is 1. The number of nitrogens with one attached hydrogen (secondary N) is 1. The van der Waals surface area contributed by atoms with E-state index in [1.165, 1.54) is 24.3 Å². The van der Waals surface area contributed by atoms with Gasteiger partial charge in [-0.2, -0.15) is 18.4 Å². The van der Waals surface area contributed by atoms with Gasteiger partial charge in [0.2, 0.25) is 0 Å². The molecule has 1 aromatic carbocycles. The van der Waals surface area contributed by atoms with Crippen molar-refractivity contribution in [3.63, 3.8) is 0 Å². The maximum absolute atomic E-state index is 13.6. The summed E-state index contributed by atoms with van der Waals surface area (Å²) in [6.07, 6.45) is -4.52. The molecular formula is C14H9F4N3. The Kier molecular flexibility index (Phi) is 4.08. The maximum atomic E-state index is 13.6. The molecule has 1 heterocycles. The van der Waals surface area contributed by atoms with E-state index in [1.807, 2.05) is 0 Å². The van der Waals surface area contributed by atoms with Crippen molar-refractivity contribution in [2.45, 2.75) is 12.7 Å². The van der Waals surface area contributed by atoms with Crippen LogP contribution in [0.5, 0.6) is 0 Å². The Morgan fingerprint density at radius 3 is 2.57 bits per heavy atom. The summed E-state index contributed by atoms with van der Waals surface area (Å²) in [6, 6.07) is 9.10. The molecule has 7 heteroatoms. The van der Waals surface area contributed by atoms with Gasteiger partial charge in [-0.05, 0) is 30.3 Å². The van der Waals surface area contributed by atoms with Crippen LogP contribution in [-0.4, -0.2) is 4.98 Å². The minimum atomic E-state index is -4.52. The molecule has 1 N–H and O–H groups in total. The standard InChI is InChI=1S/C14H9F4N3/c15-11-6-9(7-19)4-5-12(11)20-8-10-2-1-3-13(21-10)14(16,17)18/h1-6,20H,8H2. The van der Waals surface area contributed by atoms with Gasteiger partial charge >= 0.3 is 6.18 Å². The largest absolute Gasteiger partial charge is 0.433 e. The van der Waals surface area contributed by atoms with E-state index in [-0.39, 0.29) is 23.5 Å². The predicted molar refractivity (Wildman–Crippen MR) is 67.7 cm³/mol. The molecule has 0 saturated carbocycles. The summed E-state index contributed by atoms with van der Waals surface area (Å²) in [6.45, 7) is -0.0628. The second-order valence-corrected chi connectivity index (χ2v) is 4.17. The molecule has 0 saturated heterocycles. The van der Waals surface area contributed by atoms with Crippen molar-refractivity contribution in [3.8, 4) is 6.07 Å². The molecule has 0 bridgehead atoms. The van der Waals surface area contributed by atoms with Gasteiger partial charge < -0.3 is 5.32 Å². The first kappa shape index (κ1) is 14.8. The van der Waals surface area contributed by atoms with Crippen molar-refractivity contribution in [3.05, 3.63) is 59.2 Å². The van der Waals surface area contributed by atoms with Gasteiger partial charge in [-0.1, -0.05) is 6.07 Å². The van der Waals surface area contributed by atoms with Gasteiger partial charge in [0.1, 0.15) is 11.5 Å². The van der Waals surface area contributed by atoms with Crippen molar-refractivity contribution in [1.29, 1.82) is 5.26 Å². The normalized spacial score (nSPS) is 11.0. The zero-order valence-electron chi connectivity index (χ0n) is 10.6. The Bertz CT molecular complexity index is 689. The average molecular weight is 295 g/mol. The van der Waals surface area contributed by atoms with Crippen LogP contribution in [0.1, 0.15) is 17.0 Å². The summed E-state index contributed by atoms with van der Waals surface area (Å²) in [5.74, 6) is -0.652. The number of anilines is 1. The maximum Gasteiger partial charge on any atom is 0.433 e. The van der Waals surface area contributed by atoms with Crippen LogP contribution in [0.4, 0.5) is 23.2 Å². The van der Waals surface area contributed by atoms with E-state index in [2.05, 4.69) is 10.3 Å². The quantitative estimate of drug-likeness (QED) is 0.878. The lowest BCUT2D eigenvalue weighted by Gasteiger charge is -2.10. The fraction of sp³-hybridized carbons (Fsp3) is 0.143. The smallest absolute Gasteiger partial charge is 0.377 e. The molecule has 0 spiro atoms. The van der Waals surface area contributed by atoms with E-state index >= 15 is 0 Å². The van der Waals surface area contributed by atoms with Crippen molar-refractivity contribution < 1.29 is 17.6 Å². The SMILES string of the molecule is N#Cc1ccc(NCc2cccc(C(F)(F)F)n2)c(F)c1. The van der Waals surface area contributed by atoms with Crippen molar-refractivity contribution in [1.82, 2.24) is 4.98 Å². The molecule has 2 rings (SSSR count). The summed E-state index contributed by atoms with van der Waals surface area (Å²) in [5, 5.41) is 11.3. The molecule has 0 aliphatic heterocycles. The molecule has 0 atom stereocenters.